The Morgan fingerprint density at radius 3 is 2.50 bits per heavy atom. The van der Waals surface area contributed by atoms with Crippen LogP contribution < -0.4 is 4.74 Å². The molecule has 2 aromatic carbocycles. The molecule has 2 nitrogen and oxygen atoms in total. The second-order valence-corrected chi connectivity index (χ2v) is 9.39. The van der Waals surface area contributed by atoms with E-state index >= 15 is 0 Å². The normalized spacial score (nSPS) is 21.1. The van der Waals surface area contributed by atoms with Crippen LogP contribution in [0.1, 0.15) is 47.9 Å². The zero-order chi connectivity index (χ0) is 20.5. The van der Waals surface area contributed by atoms with Crippen molar-refractivity contribution >= 4 is 16.9 Å². The van der Waals surface area contributed by atoms with Gasteiger partial charge in [0.25, 0.3) is 0 Å². The smallest absolute Gasteiger partial charge is 0.119 e. The second-order valence-electron chi connectivity index (χ2n) is 8.61. The van der Waals surface area contributed by atoms with Crippen molar-refractivity contribution in [1.82, 2.24) is 4.90 Å². The van der Waals surface area contributed by atoms with Crippen LogP contribution in [0.15, 0.2) is 70.9 Å². The van der Waals surface area contributed by atoms with E-state index in [4.69, 9.17) is 4.74 Å². The maximum Gasteiger partial charge on any atom is 0.119 e. The summed E-state index contributed by atoms with van der Waals surface area (Å²) in [6.45, 7) is 3.33. The van der Waals surface area contributed by atoms with E-state index in [-0.39, 0.29) is 0 Å². The van der Waals surface area contributed by atoms with Gasteiger partial charge in [0.2, 0.25) is 0 Å². The summed E-state index contributed by atoms with van der Waals surface area (Å²) in [5.41, 5.74) is 8.59. The van der Waals surface area contributed by atoms with Crippen LogP contribution in [0.2, 0.25) is 0 Å². The van der Waals surface area contributed by atoms with Gasteiger partial charge >= 0.3 is 0 Å². The Kier molecular flexibility index (Phi) is 5.49. The summed E-state index contributed by atoms with van der Waals surface area (Å²) in [6, 6.07) is 21.0. The minimum Gasteiger partial charge on any atom is -0.497 e. The third-order valence-electron chi connectivity index (χ3n) is 6.87. The van der Waals surface area contributed by atoms with Crippen molar-refractivity contribution in [3.05, 3.63) is 93.2 Å². The third kappa shape index (κ3) is 3.73. The SMILES string of the molecule is COc1cccc(C(=C2CC3CCC(C2)N3Cc2ccccc2C)c2ccsc2)c1. The Bertz CT molecular complexity index is 1040. The van der Waals surface area contributed by atoms with Crippen molar-refractivity contribution < 1.29 is 4.74 Å². The highest BCUT2D eigenvalue weighted by Crippen LogP contribution is 2.44. The molecule has 0 saturated carbocycles. The maximum absolute atomic E-state index is 5.53. The number of piperidine rings is 1. The van der Waals surface area contributed by atoms with Gasteiger partial charge in [-0.1, -0.05) is 42.0 Å². The van der Waals surface area contributed by atoms with E-state index in [1.165, 1.54) is 53.5 Å². The quantitative estimate of drug-likeness (QED) is 0.460. The summed E-state index contributed by atoms with van der Waals surface area (Å²) in [7, 11) is 1.75. The van der Waals surface area contributed by atoms with Crippen molar-refractivity contribution in [2.24, 2.45) is 0 Å². The number of ether oxygens (including phenoxy) is 1. The summed E-state index contributed by atoms with van der Waals surface area (Å²) in [5.74, 6) is 0.931. The van der Waals surface area contributed by atoms with Crippen molar-refractivity contribution in [2.75, 3.05) is 7.11 Å². The molecule has 3 heterocycles. The minimum atomic E-state index is 0.651. The molecule has 2 fully saturated rings. The lowest BCUT2D eigenvalue weighted by atomic mass is 9.86. The maximum atomic E-state index is 5.53. The first kappa shape index (κ1) is 19.6. The molecule has 0 amide bonds. The van der Waals surface area contributed by atoms with E-state index in [0.717, 1.165) is 12.3 Å². The number of hydrogen-bond donors (Lipinski definition) is 0. The Hall–Kier alpha value is -2.36. The fourth-order valence-electron chi connectivity index (χ4n) is 5.31. The van der Waals surface area contributed by atoms with Crippen molar-refractivity contribution in [3.63, 3.8) is 0 Å². The molecule has 2 saturated heterocycles. The summed E-state index contributed by atoms with van der Waals surface area (Å²) in [5, 5.41) is 4.49. The van der Waals surface area contributed by atoms with Crippen LogP contribution in [0.4, 0.5) is 0 Å². The van der Waals surface area contributed by atoms with E-state index in [0.29, 0.717) is 12.1 Å². The molecule has 5 rings (SSSR count). The van der Waals surface area contributed by atoms with Crippen LogP contribution in [-0.2, 0) is 6.54 Å². The zero-order valence-electron chi connectivity index (χ0n) is 17.8. The van der Waals surface area contributed by atoms with Crippen LogP contribution in [0.3, 0.4) is 0 Å². The minimum absolute atomic E-state index is 0.651. The van der Waals surface area contributed by atoms with Gasteiger partial charge in [-0.05, 0) is 89.4 Å². The number of nitrogens with zero attached hydrogens (tertiary/aromatic N) is 1. The van der Waals surface area contributed by atoms with Crippen LogP contribution in [0, 0.1) is 6.92 Å². The van der Waals surface area contributed by atoms with E-state index < -0.39 is 0 Å². The van der Waals surface area contributed by atoms with Crippen LogP contribution in [0.25, 0.3) is 5.57 Å². The average Bonchev–Trinajstić information content (AvgIpc) is 3.36. The van der Waals surface area contributed by atoms with Crippen LogP contribution in [0.5, 0.6) is 5.75 Å². The van der Waals surface area contributed by atoms with E-state index in [2.05, 4.69) is 71.1 Å². The molecular weight excluding hydrogens is 386 g/mol. The van der Waals surface area contributed by atoms with Gasteiger partial charge < -0.3 is 4.74 Å². The Labute approximate surface area is 183 Å². The molecule has 3 heteroatoms. The topological polar surface area (TPSA) is 12.5 Å². The van der Waals surface area contributed by atoms with Crippen molar-refractivity contribution in [2.45, 2.75) is 51.2 Å². The van der Waals surface area contributed by atoms with E-state index in [9.17, 15) is 0 Å². The molecular formula is C27H29NOS. The molecule has 2 unspecified atom stereocenters. The van der Waals surface area contributed by atoms with Crippen molar-refractivity contribution in [3.8, 4) is 5.75 Å². The van der Waals surface area contributed by atoms with E-state index in [1.54, 1.807) is 24.0 Å². The van der Waals surface area contributed by atoms with Gasteiger partial charge in [0.15, 0.2) is 0 Å². The molecule has 2 atom stereocenters. The highest BCUT2D eigenvalue weighted by molar-refractivity contribution is 7.08. The van der Waals surface area contributed by atoms with Gasteiger partial charge in [-0.15, -0.1) is 0 Å². The predicted octanol–water partition coefficient (Wildman–Crippen LogP) is 6.69. The number of hydrogen-bond acceptors (Lipinski definition) is 3. The fourth-order valence-corrected chi connectivity index (χ4v) is 5.96. The Morgan fingerprint density at radius 2 is 1.80 bits per heavy atom. The summed E-state index contributed by atoms with van der Waals surface area (Å²) in [4.78, 5) is 2.78. The molecule has 1 aromatic heterocycles. The number of aryl methyl sites for hydroxylation is 1. The number of fused-ring (bicyclic) bond motifs is 2. The zero-order valence-corrected chi connectivity index (χ0v) is 18.6. The van der Waals surface area contributed by atoms with Crippen LogP contribution >= 0.6 is 11.3 Å². The van der Waals surface area contributed by atoms with Gasteiger partial charge in [0, 0.05) is 18.6 Å². The highest BCUT2D eigenvalue weighted by atomic mass is 32.1. The lowest BCUT2D eigenvalue weighted by molar-refractivity contribution is 0.157. The molecule has 2 bridgehead atoms. The fraction of sp³-hybridized carbons (Fsp3) is 0.333. The molecule has 0 aliphatic carbocycles. The number of thiophene rings is 1. The molecule has 154 valence electrons. The second kappa shape index (κ2) is 8.41. The monoisotopic (exact) mass is 415 g/mol. The highest BCUT2D eigenvalue weighted by Gasteiger charge is 2.39. The first-order valence-corrected chi connectivity index (χ1v) is 11.9. The average molecular weight is 416 g/mol. The predicted molar refractivity (Wildman–Crippen MR) is 126 cm³/mol. The molecule has 30 heavy (non-hydrogen) atoms. The summed E-state index contributed by atoms with van der Waals surface area (Å²) in [6.07, 6.45) is 4.97. The first-order valence-electron chi connectivity index (χ1n) is 10.9. The third-order valence-corrected chi connectivity index (χ3v) is 7.55. The summed E-state index contributed by atoms with van der Waals surface area (Å²) >= 11 is 1.78. The molecule has 0 spiro atoms. The standard InChI is InChI=1S/C27H29NOS/c1-19-6-3-4-7-21(19)17-28-24-10-11-25(28)15-23(14-24)27(22-12-13-30-18-22)20-8-5-9-26(16-20)29-2/h3-9,12-13,16,18,24-25H,10-11,14-15,17H2,1-2H3. The molecule has 0 N–H and O–H groups in total. The van der Waals surface area contributed by atoms with Gasteiger partial charge in [-0.2, -0.15) is 11.3 Å². The van der Waals surface area contributed by atoms with E-state index in [1.807, 2.05) is 6.07 Å². The molecule has 0 radical (unpaired) electrons. The molecule has 2 aliphatic rings. The lowest BCUT2D eigenvalue weighted by Gasteiger charge is -2.37. The van der Waals surface area contributed by atoms with Gasteiger partial charge in [0.05, 0.1) is 7.11 Å². The number of rotatable bonds is 5. The lowest BCUT2D eigenvalue weighted by Crippen LogP contribution is -2.40. The number of benzene rings is 2. The molecule has 3 aromatic rings. The van der Waals surface area contributed by atoms with Crippen LogP contribution in [-0.4, -0.2) is 24.1 Å². The number of methoxy groups -OCH3 is 1. The van der Waals surface area contributed by atoms with Gasteiger partial charge in [-0.25, -0.2) is 0 Å². The van der Waals surface area contributed by atoms with Gasteiger partial charge in [-0.3, -0.25) is 4.90 Å². The Balaban J connectivity index is 1.49. The first-order chi connectivity index (χ1) is 14.7. The Morgan fingerprint density at radius 1 is 1.00 bits per heavy atom. The summed E-state index contributed by atoms with van der Waals surface area (Å²) < 4.78 is 5.53. The largest absolute Gasteiger partial charge is 0.497 e. The van der Waals surface area contributed by atoms with Gasteiger partial charge in [0.1, 0.15) is 5.75 Å². The molecule has 2 aliphatic heterocycles. The van der Waals surface area contributed by atoms with Crippen molar-refractivity contribution in [1.29, 1.82) is 0 Å².